The molecule has 2 aliphatic heterocycles. The second kappa shape index (κ2) is 5.98. The zero-order valence-electron chi connectivity index (χ0n) is 13.9. The molecule has 1 aromatic carbocycles. The van der Waals surface area contributed by atoms with Gasteiger partial charge in [-0.25, -0.2) is 9.97 Å². The fourth-order valence-corrected chi connectivity index (χ4v) is 3.74. The minimum absolute atomic E-state index is 0.190. The minimum Gasteiger partial charge on any atom is -0.376 e. The molecular weight excluding hydrogens is 302 g/mol. The highest BCUT2D eigenvalue weighted by molar-refractivity contribution is 5.76. The third kappa shape index (κ3) is 2.49. The first-order valence-electron chi connectivity index (χ1n) is 8.49. The molecule has 1 saturated heterocycles. The second-order valence-electron chi connectivity index (χ2n) is 6.63. The van der Waals surface area contributed by atoms with E-state index >= 15 is 0 Å². The molecule has 24 heavy (non-hydrogen) atoms. The maximum absolute atomic E-state index is 12.1. The predicted octanol–water partition coefficient (Wildman–Crippen LogP) is 2.55. The van der Waals surface area contributed by atoms with Gasteiger partial charge in [-0.15, -0.1) is 0 Å². The summed E-state index contributed by atoms with van der Waals surface area (Å²) in [5.41, 5.74) is 2.94. The van der Waals surface area contributed by atoms with E-state index in [9.17, 15) is 4.79 Å². The van der Waals surface area contributed by atoms with Gasteiger partial charge in [0.2, 0.25) is 5.91 Å². The number of hydrogen-bond acceptors (Lipinski definition) is 4. The van der Waals surface area contributed by atoms with E-state index in [0.717, 1.165) is 35.6 Å². The van der Waals surface area contributed by atoms with Crippen molar-refractivity contribution in [1.82, 2.24) is 14.9 Å². The Morgan fingerprint density at radius 2 is 2.17 bits per heavy atom. The number of aromatic nitrogens is 2. The number of carbonyl (C=O) groups is 1. The van der Waals surface area contributed by atoms with Crippen LogP contribution >= 0.6 is 0 Å². The lowest BCUT2D eigenvalue weighted by atomic mass is 9.80. The zero-order valence-corrected chi connectivity index (χ0v) is 13.9. The SMILES string of the molecule is CCC(=O)N1CCC2(COCc3cnc(-c4ccccc4)nc32)C1. The summed E-state index contributed by atoms with van der Waals surface area (Å²) >= 11 is 0. The van der Waals surface area contributed by atoms with Gasteiger partial charge in [-0.05, 0) is 6.42 Å². The highest BCUT2D eigenvalue weighted by Gasteiger charge is 2.45. The molecule has 1 amide bonds. The lowest BCUT2D eigenvalue weighted by Crippen LogP contribution is -2.41. The Kier molecular flexibility index (Phi) is 3.81. The topological polar surface area (TPSA) is 55.3 Å². The summed E-state index contributed by atoms with van der Waals surface area (Å²) in [5, 5.41) is 0. The van der Waals surface area contributed by atoms with Crippen LogP contribution in [0.15, 0.2) is 36.5 Å². The van der Waals surface area contributed by atoms with E-state index in [0.29, 0.717) is 26.2 Å². The van der Waals surface area contributed by atoms with Gasteiger partial charge >= 0.3 is 0 Å². The Morgan fingerprint density at radius 1 is 1.33 bits per heavy atom. The van der Waals surface area contributed by atoms with Gasteiger partial charge in [0.15, 0.2) is 5.82 Å². The fourth-order valence-electron chi connectivity index (χ4n) is 3.74. The van der Waals surface area contributed by atoms with Crippen LogP contribution in [0.5, 0.6) is 0 Å². The van der Waals surface area contributed by atoms with Crippen molar-refractivity contribution in [3.8, 4) is 11.4 Å². The Bertz CT molecular complexity index is 762. The van der Waals surface area contributed by atoms with E-state index in [-0.39, 0.29) is 11.3 Å². The summed E-state index contributed by atoms with van der Waals surface area (Å²) < 4.78 is 5.82. The van der Waals surface area contributed by atoms with E-state index in [1.165, 1.54) is 0 Å². The van der Waals surface area contributed by atoms with E-state index in [4.69, 9.17) is 9.72 Å². The van der Waals surface area contributed by atoms with Crippen molar-refractivity contribution < 1.29 is 9.53 Å². The quantitative estimate of drug-likeness (QED) is 0.852. The summed E-state index contributed by atoms with van der Waals surface area (Å²) in [5.74, 6) is 0.951. The first-order valence-corrected chi connectivity index (χ1v) is 8.49. The molecule has 0 saturated carbocycles. The molecule has 124 valence electrons. The zero-order chi connectivity index (χ0) is 16.6. The van der Waals surface area contributed by atoms with Crippen LogP contribution in [-0.4, -0.2) is 40.5 Å². The summed E-state index contributed by atoms with van der Waals surface area (Å²) in [4.78, 5) is 23.5. The molecule has 1 unspecified atom stereocenters. The average molecular weight is 323 g/mol. The second-order valence-corrected chi connectivity index (χ2v) is 6.63. The number of likely N-dealkylation sites (tertiary alicyclic amines) is 1. The van der Waals surface area contributed by atoms with Gasteiger partial charge in [-0.2, -0.15) is 0 Å². The number of benzene rings is 1. The number of nitrogens with zero attached hydrogens (tertiary/aromatic N) is 3. The molecule has 1 spiro atoms. The number of ether oxygens (including phenoxy) is 1. The number of hydrogen-bond donors (Lipinski definition) is 0. The molecule has 0 bridgehead atoms. The molecule has 1 aromatic heterocycles. The molecule has 0 N–H and O–H groups in total. The van der Waals surface area contributed by atoms with Gasteiger partial charge in [0.05, 0.1) is 24.3 Å². The molecule has 0 aliphatic carbocycles. The lowest BCUT2D eigenvalue weighted by molar-refractivity contribution is -0.130. The van der Waals surface area contributed by atoms with Gasteiger partial charge in [-0.3, -0.25) is 4.79 Å². The first kappa shape index (κ1) is 15.3. The molecule has 1 fully saturated rings. The van der Waals surface area contributed by atoms with Gasteiger partial charge in [0.1, 0.15) is 0 Å². The van der Waals surface area contributed by atoms with Crippen LogP contribution in [0, 0.1) is 0 Å². The van der Waals surface area contributed by atoms with Crippen LogP contribution in [0.25, 0.3) is 11.4 Å². The molecule has 1 atom stereocenters. The normalized spacial score (nSPS) is 22.6. The lowest BCUT2D eigenvalue weighted by Gasteiger charge is -2.34. The fraction of sp³-hybridized carbons (Fsp3) is 0.421. The molecule has 4 rings (SSSR count). The number of amides is 1. The predicted molar refractivity (Wildman–Crippen MR) is 90.3 cm³/mol. The van der Waals surface area contributed by atoms with Crippen LogP contribution < -0.4 is 0 Å². The van der Waals surface area contributed by atoms with E-state index < -0.39 is 0 Å². The van der Waals surface area contributed by atoms with Crippen LogP contribution in [-0.2, 0) is 21.6 Å². The van der Waals surface area contributed by atoms with Crippen molar-refractivity contribution in [1.29, 1.82) is 0 Å². The highest BCUT2D eigenvalue weighted by Crippen LogP contribution is 2.39. The molecule has 2 aliphatic rings. The first-order chi connectivity index (χ1) is 11.7. The summed E-state index contributed by atoms with van der Waals surface area (Å²) in [6.07, 6.45) is 3.33. The third-order valence-corrected chi connectivity index (χ3v) is 5.04. The molecular formula is C19H21N3O2. The van der Waals surface area contributed by atoms with Gasteiger partial charge in [0.25, 0.3) is 0 Å². The van der Waals surface area contributed by atoms with Crippen molar-refractivity contribution in [3.05, 3.63) is 47.8 Å². The van der Waals surface area contributed by atoms with Crippen LogP contribution in [0.2, 0.25) is 0 Å². The Labute approximate surface area is 141 Å². The number of carbonyl (C=O) groups excluding carboxylic acids is 1. The Balaban J connectivity index is 1.73. The average Bonchev–Trinajstić information content (AvgIpc) is 3.07. The van der Waals surface area contributed by atoms with E-state index in [2.05, 4.69) is 4.98 Å². The van der Waals surface area contributed by atoms with Crippen molar-refractivity contribution in [3.63, 3.8) is 0 Å². The maximum atomic E-state index is 12.1. The maximum Gasteiger partial charge on any atom is 0.222 e. The van der Waals surface area contributed by atoms with Crippen molar-refractivity contribution in [2.24, 2.45) is 0 Å². The minimum atomic E-state index is -0.190. The molecule has 5 nitrogen and oxygen atoms in total. The Morgan fingerprint density at radius 3 is 2.96 bits per heavy atom. The monoisotopic (exact) mass is 323 g/mol. The van der Waals surface area contributed by atoms with Gasteiger partial charge in [-0.1, -0.05) is 37.3 Å². The smallest absolute Gasteiger partial charge is 0.222 e. The van der Waals surface area contributed by atoms with Gasteiger partial charge < -0.3 is 9.64 Å². The van der Waals surface area contributed by atoms with E-state index in [1.54, 1.807) is 0 Å². The van der Waals surface area contributed by atoms with Gasteiger partial charge in [0, 0.05) is 36.8 Å². The molecule has 2 aromatic rings. The largest absolute Gasteiger partial charge is 0.376 e. The summed E-state index contributed by atoms with van der Waals surface area (Å²) in [7, 11) is 0. The highest BCUT2D eigenvalue weighted by atomic mass is 16.5. The summed E-state index contributed by atoms with van der Waals surface area (Å²) in [6, 6.07) is 10.0. The van der Waals surface area contributed by atoms with Crippen molar-refractivity contribution >= 4 is 5.91 Å². The Hall–Kier alpha value is -2.27. The molecule has 0 radical (unpaired) electrons. The van der Waals surface area contributed by atoms with E-state index in [1.807, 2.05) is 48.4 Å². The van der Waals surface area contributed by atoms with Crippen molar-refractivity contribution in [2.75, 3.05) is 19.7 Å². The molecule has 5 heteroatoms. The number of fused-ring (bicyclic) bond motifs is 2. The third-order valence-electron chi connectivity index (χ3n) is 5.04. The van der Waals surface area contributed by atoms with Crippen LogP contribution in [0.3, 0.4) is 0 Å². The molecule has 3 heterocycles. The van der Waals surface area contributed by atoms with Crippen LogP contribution in [0.4, 0.5) is 0 Å². The standard InChI is InChI=1S/C19H21N3O2/c1-2-16(23)22-9-8-19(12-22)13-24-11-15-10-20-18(21-17(15)19)14-6-4-3-5-7-14/h3-7,10H,2,8-9,11-13H2,1H3. The number of rotatable bonds is 2. The van der Waals surface area contributed by atoms with Crippen LogP contribution in [0.1, 0.15) is 31.0 Å². The summed E-state index contributed by atoms with van der Waals surface area (Å²) in [6.45, 7) is 4.55. The van der Waals surface area contributed by atoms with Crippen molar-refractivity contribution in [2.45, 2.75) is 31.8 Å².